The second kappa shape index (κ2) is 8.22. The molecule has 0 spiro atoms. The maximum atomic E-state index is 13.8. The van der Waals surface area contributed by atoms with E-state index in [-0.39, 0.29) is 24.2 Å². The van der Waals surface area contributed by atoms with E-state index in [0.717, 1.165) is 11.6 Å². The SMILES string of the molecule is CC(C)NC(=O)Nc1ccc(CNC(=O)c2cc(F)cc3[nH]c(=S)[nH]c23)cc1. The van der Waals surface area contributed by atoms with E-state index in [1.807, 2.05) is 13.8 Å². The number of hydrogen-bond donors (Lipinski definition) is 5. The lowest BCUT2D eigenvalue weighted by molar-refractivity contribution is 0.0952. The fourth-order valence-corrected chi connectivity index (χ4v) is 2.91. The molecular weight excluding hydrogens is 381 g/mol. The van der Waals surface area contributed by atoms with Gasteiger partial charge in [0.25, 0.3) is 5.91 Å². The standard InChI is InChI=1S/C19H20FN5O2S/c1-10(2)22-18(27)23-13-5-3-11(4-6-13)9-21-17(26)14-7-12(20)8-15-16(14)25-19(28)24-15/h3-8,10H,9H2,1-2H3,(H,21,26)(H2,22,23,27)(H2,24,25,28). The molecule has 1 heterocycles. The highest BCUT2D eigenvalue weighted by Crippen LogP contribution is 2.18. The largest absolute Gasteiger partial charge is 0.348 e. The number of urea groups is 1. The Bertz CT molecular complexity index is 1070. The van der Waals surface area contributed by atoms with Crippen molar-refractivity contribution in [2.24, 2.45) is 0 Å². The Morgan fingerprint density at radius 1 is 1.14 bits per heavy atom. The average molecular weight is 401 g/mol. The lowest BCUT2D eigenvalue weighted by atomic mass is 10.1. The number of carbonyl (C=O) groups is 2. The normalized spacial score (nSPS) is 10.9. The third-order valence-corrected chi connectivity index (χ3v) is 4.12. The smallest absolute Gasteiger partial charge is 0.319 e. The van der Waals surface area contributed by atoms with Crippen LogP contribution < -0.4 is 16.0 Å². The average Bonchev–Trinajstić information content (AvgIpc) is 2.99. The molecule has 2 aromatic carbocycles. The van der Waals surface area contributed by atoms with E-state index in [0.29, 0.717) is 21.5 Å². The zero-order chi connectivity index (χ0) is 20.3. The van der Waals surface area contributed by atoms with Crippen LogP contribution in [0.2, 0.25) is 0 Å². The van der Waals surface area contributed by atoms with Crippen LogP contribution >= 0.6 is 12.2 Å². The van der Waals surface area contributed by atoms with E-state index < -0.39 is 11.7 Å². The highest BCUT2D eigenvalue weighted by molar-refractivity contribution is 7.71. The lowest BCUT2D eigenvalue weighted by Gasteiger charge is -2.11. The van der Waals surface area contributed by atoms with Crippen LogP contribution in [0.25, 0.3) is 11.0 Å². The Labute approximate surface area is 165 Å². The number of aromatic nitrogens is 2. The summed E-state index contributed by atoms with van der Waals surface area (Å²) in [7, 11) is 0. The minimum Gasteiger partial charge on any atom is -0.348 e. The number of hydrogen-bond acceptors (Lipinski definition) is 3. The quantitative estimate of drug-likeness (QED) is 0.420. The molecule has 0 saturated heterocycles. The first-order valence-electron chi connectivity index (χ1n) is 8.68. The van der Waals surface area contributed by atoms with Gasteiger partial charge in [0.15, 0.2) is 4.77 Å². The van der Waals surface area contributed by atoms with Crippen molar-refractivity contribution in [1.29, 1.82) is 0 Å². The van der Waals surface area contributed by atoms with Crippen molar-refractivity contribution in [3.8, 4) is 0 Å². The van der Waals surface area contributed by atoms with Crippen LogP contribution in [0.5, 0.6) is 0 Å². The van der Waals surface area contributed by atoms with Gasteiger partial charge in [-0.25, -0.2) is 9.18 Å². The van der Waals surface area contributed by atoms with Crippen molar-refractivity contribution >= 4 is 40.9 Å². The van der Waals surface area contributed by atoms with E-state index in [1.54, 1.807) is 24.3 Å². The van der Waals surface area contributed by atoms with Crippen LogP contribution in [-0.4, -0.2) is 27.9 Å². The van der Waals surface area contributed by atoms with E-state index in [9.17, 15) is 14.0 Å². The van der Waals surface area contributed by atoms with Crippen molar-refractivity contribution in [2.45, 2.75) is 26.4 Å². The molecule has 0 aliphatic carbocycles. The number of halogens is 1. The van der Waals surface area contributed by atoms with Gasteiger partial charge in [-0.3, -0.25) is 4.79 Å². The third kappa shape index (κ3) is 4.74. The number of fused-ring (bicyclic) bond motifs is 1. The van der Waals surface area contributed by atoms with Crippen LogP contribution in [0.4, 0.5) is 14.9 Å². The molecule has 3 amide bonds. The molecule has 1 aromatic heterocycles. The number of benzene rings is 2. The molecule has 28 heavy (non-hydrogen) atoms. The third-order valence-electron chi connectivity index (χ3n) is 3.92. The molecule has 3 rings (SSSR count). The van der Waals surface area contributed by atoms with Gasteiger partial charge in [0, 0.05) is 18.3 Å². The van der Waals surface area contributed by atoms with Gasteiger partial charge in [-0.1, -0.05) is 12.1 Å². The number of anilines is 1. The zero-order valence-corrected chi connectivity index (χ0v) is 16.2. The van der Waals surface area contributed by atoms with Gasteiger partial charge in [0.2, 0.25) is 0 Å². The summed E-state index contributed by atoms with van der Waals surface area (Å²) in [6.07, 6.45) is 0. The maximum Gasteiger partial charge on any atom is 0.319 e. The van der Waals surface area contributed by atoms with Gasteiger partial charge in [-0.2, -0.15) is 0 Å². The predicted molar refractivity (Wildman–Crippen MR) is 108 cm³/mol. The summed E-state index contributed by atoms with van der Waals surface area (Å²) in [5.41, 5.74) is 2.54. The van der Waals surface area contributed by atoms with Crippen molar-refractivity contribution in [3.63, 3.8) is 0 Å². The summed E-state index contributed by atoms with van der Waals surface area (Å²) in [6, 6.07) is 9.26. The minimum atomic E-state index is -0.530. The summed E-state index contributed by atoms with van der Waals surface area (Å²) >= 11 is 5.01. The summed E-state index contributed by atoms with van der Waals surface area (Å²) < 4.78 is 14.1. The number of H-pyrrole nitrogens is 2. The molecule has 0 aliphatic rings. The second-order valence-corrected chi connectivity index (χ2v) is 7.00. The predicted octanol–water partition coefficient (Wildman–Crippen LogP) is 3.82. The molecule has 0 saturated carbocycles. The first kappa shape index (κ1) is 19.6. The van der Waals surface area contributed by atoms with Crippen LogP contribution in [0.1, 0.15) is 29.8 Å². The molecule has 0 bridgehead atoms. The Morgan fingerprint density at radius 3 is 2.54 bits per heavy atom. The zero-order valence-electron chi connectivity index (χ0n) is 15.4. The fraction of sp³-hybridized carbons (Fsp3) is 0.211. The Balaban J connectivity index is 1.65. The number of amides is 3. The summed E-state index contributed by atoms with van der Waals surface area (Å²) in [6.45, 7) is 4.00. The molecule has 0 radical (unpaired) electrons. The van der Waals surface area contributed by atoms with Gasteiger partial charge >= 0.3 is 6.03 Å². The molecule has 0 aliphatic heterocycles. The van der Waals surface area contributed by atoms with E-state index in [4.69, 9.17) is 12.2 Å². The van der Waals surface area contributed by atoms with Crippen LogP contribution in [-0.2, 0) is 6.54 Å². The molecule has 9 heteroatoms. The first-order chi connectivity index (χ1) is 13.3. The molecule has 7 nitrogen and oxygen atoms in total. The van der Waals surface area contributed by atoms with Crippen molar-refractivity contribution in [1.82, 2.24) is 20.6 Å². The van der Waals surface area contributed by atoms with Crippen LogP contribution in [0.3, 0.4) is 0 Å². The summed E-state index contributed by atoms with van der Waals surface area (Å²) in [5, 5.41) is 8.21. The fourth-order valence-electron chi connectivity index (χ4n) is 2.70. The minimum absolute atomic E-state index is 0.0396. The van der Waals surface area contributed by atoms with Gasteiger partial charge < -0.3 is 25.9 Å². The van der Waals surface area contributed by atoms with Gasteiger partial charge in [-0.15, -0.1) is 0 Å². The summed E-state index contributed by atoms with van der Waals surface area (Å²) in [4.78, 5) is 29.9. The Morgan fingerprint density at radius 2 is 1.86 bits per heavy atom. The second-order valence-electron chi connectivity index (χ2n) is 6.59. The summed E-state index contributed by atoms with van der Waals surface area (Å²) in [5.74, 6) is -0.953. The van der Waals surface area contributed by atoms with Gasteiger partial charge in [0.1, 0.15) is 5.82 Å². The monoisotopic (exact) mass is 401 g/mol. The number of rotatable bonds is 5. The van der Waals surface area contributed by atoms with Gasteiger partial charge in [-0.05, 0) is 55.9 Å². The number of aromatic amines is 2. The van der Waals surface area contributed by atoms with Crippen molar-refractivity contribution in [3.05, 3.63) is 58.1 Å². The Kier molecular flexibility index (Phi) is 5.74. The van der Waals surface area contributed by atoms with Gasteiger partial charge in [0.05, 0.1) is 16.6 Å². The van der Waals surface area contributed by atoms with Crippen molar-refractivity contribution < 1.29 is 14.0 Å². The van der Waals surface area contributed by atoms with Crippen LogP contribution in [0, 0.1) is 10.6 Å². The van der Waals surface area contributed by atoms with Crippen LogP contribution in [0.15, 0.2) is 36.4 Å². The lowest BCUT2D eigenvalue weighted by Crippen LogP contribution is -2.34. The highest BCUT2D eigenvalue weighted by atomic mass is 32.1. The molecule has 0 atom stereocenters. The maximum absolute atomic E-state index is 13.8. The molecular formula is C19H20FN5O2S. The first-order valence-corrected chi connectivity index (χ1v) is 9.09. The van der Waals surface area contributed by atoms with Crippen molar-refractivity contribution in [2.75, 3.05) is 5.32 Å². The Hall–Kier alpha value is -3.20. The molecule has 0 fully saturated rings. The molecule has 5 N–H and O–H groups in total. The van der Waals surface area contributed by atoms with E-state index in [2.05, 4.69) is 25.9 Å². The highest BCUT2D eigenvalue weighted by Gasteiger charge is 2.14. The van der Waals surface area contributed by atoms with E-state index >= 15 is 0 Å². The van der Waals surface area contributed by atoms with E-state index in [1.165, 1.54) is 6.07 Å². The molecule has 146 valence electrons. The molecule has 3 aromatic rings. The number of carbonyl (C=O) groups excluding carboxylic acids is 2. The topological polar surface area (TPSA) is 102 Å². The molecule has 0 unspecified atom stereocenters. The number of imidazole rings is 1. The number of nitrogens with one attached hydrogen (secondary N) is 5.